The summed E-state index contributed by atoms with van der Waals surface area (Å²) in [6.07, 6.45) is 1.42. The summed E-state index contributed by atoms with van der Waals surface area (Å²) in [5.74, 6) is 0. The molecule has 2 aromatic heterocycles. The first-order valence-corrected chi connectivity index (χ1v) is 5.48. The quantitative estimate of drug-likeness (QED) is 0.747. The summed E-state index contributed by atoms with van der Waals surface area (Å²) in [6.45, 7) is 0. The van der Waals surface area contributed by atoms with Gasteiger partial charge in [0.25, 0.3) is 10.0 Å². The molecule has 0 aliphatic rings. The summed E-state index contributed by atoms with van der Waals surface area (Å²) in [5.41, 5.74) is 0.342. The van der Waals surface area contributed by atoms with Crippen molar-refractivity contribution >= 4 is 32.6 Å². The maximum atomic E-state index is 10.9. The number of furan rings is 1. The number of pyridine rings is 1. The third kappa shape index (κ3) is 1.47. The Morgan fingerprint density at radius 3 is 2.79 bits per heavy atom. The zero-order chi connectivity index (χ0) is 10.3. The second-order valence-corrected chi connectivity index (χ2v) is 4.47. The molecule has 5 nitrogen and oxygen atoms in total. The van der Waals surface area contributed by atoms with Gasteiger partial charge in [-0.2, -0.15) is 0 Å². The second kappa shape index (κ2) is 2.94. The monoisotopic (exact) mass is 232 g/mol. The minimum absolute atomic E-state index is 0.182. The number of sulfonamides is 1. The molecule has 0 aliphatic carbocycles. The fraction of sp³-hybridized carbons (Fsp3) is 0. The molecular weight excluding hydrogens is 228 g/mol. The smallest absolute Gasteiger partial charge is 0.271 e. The Bertz CT molecular complexity index is 590. The van der Waals surface area contributed by atoms with E-state index < -0.39 is 10.0 Å². The molecule has 0 saturated heterocycles. The maximum absolute atomic E-state index is 10.9. The van der Waals surface area contributed by atoms with Gasteiger partial charge in [0, 0.05) is 12.3 Å². The van der Waals surface area contributed by atoms with Crippen LogP contribution in [-0.4, -0.2) is 13.4 Å². The Balaban J connectivity index is 2.81. The molecule has 2 aromatic rings. The van der Waals surface area contributed by atoms with Crippen molar-refractivity contribution < 1.29 is 12.8 Å². The van der Waals surface area contributed by atoms with E-state index in [0.717, 1.165) is 0 Å². The molecule has 0 aromatic carbocycles. The van der Waals surface area contributed by atoms with Gasteiger partial charge in [0.2, 0.25) is 5.09 Å². The van der Waals surface area contributed by atoms with Crippen LogP contribution in [0.3, 0.4) is 0 Å². The number of hydrogen-bond donors (Lipinski definition) is 1. The fourth-order valence-corrected chi connectivity index (χ4v) is 1.74. The lowest BCUT2D eigenvalue weighted by Gasteiger charge is -1.88. The van der Waals surface area contributed by atoms with Crippen LogP contribution in [0.1, 0.15) is 0 Å². The van der Waals surface area contributed by atoms with Crippen molar-refractivity contribution in [3.63, 3.8) is 0 Å². The first kappa shape index (κ1) is 9.45. The molecule has 0 unspecified atom stereocenters. The molecule has 0 amide bonds. The summed E-state index contributed by atoms with van der Waals surface area (Å²) in [5, 5.41) is 5.18. The topological polar surface area (TPSA) is 86.2 Å². The van der Waals surface area contributed by atoms with Crippen LogP contribution in [0.5, 0.6) is 0 Å². The predicted octanol–water partition coefficient (Wildman–Crippen LogP) is 1.13. The minimum atomic E-state index is -3.83. The highest BCUT2D eigenvalue weighted by atomic mass is 35.5. The first-order chi connectivity index (χ1) is 6.48. The van der Waals surface area contributed by atoms with Crippen LogP contribution in [0.2, 0.25) is 5.15 Å². The Morgan fingerprint density at radius 1 is 1.50 bits per heavy atom. The summed E-state index contributed by atoms with van der Waals surface area (Å²) in [7, 11) is -3.83. The molecule has 2 rings (SSSR count). The van der Waals surface area contributed by atoms with Crippen LogP contribution in [0.15, 0.2) is 27.8 Å². The van der Waals surface area contributed by atoms with Gasteiger partial charge in [-0.3, -0.25) is 0 Å². The molecule has 14 heavy (non-hydrogen) atoms. The third-order valence-corrected chi connectivity index (χ3v) is 2.72. The van der Waals surface area contributed by atoms with Crippen LogP contribution in [0.4, 0.5) is 0 Å². The zero-order valence-corrected chi connectivity index (χ0v) is 8.34. The first-order valence-electron chi connectivity index (χ1n) is 3.55. The summed E-state index contributed by atoms with van der Waals surface area (Å²) >= 11 is 5.71. The lowest BCUT2D eigenvalue weighted by Crippen LogP contribution is -2.10. The molecule has 0 radical (unpaired) electrons. The summed E-state index contributed by atoms with van der Waals surface area (Å²) in [6, 6.07) is 2.76. The molecule has 0 atom stereocenters. The fourth-order valence-electron chi connectivity index (χ4n) is 1.05. The number of halogens is 1. The number of hydrogen-bond acceptors (Lipinski definition) is 4. The van der Waals surface area contributed by atoms with Crippen LogP contribution in [0, 0.1) is 0 Å². The van der Waals surface area contributed by atoms with Crippen LogP contribution in [0.25, 0.3) is 11.0 Å². The van der Waals surface area contributed by atoms with Crippen molar-refractivity contribution in [3.8, 4) is 0 Å². The van der Waals surface area contributed by atoms with Gasteiger partial charge < -0.3 is 4.42 Å². The molecule has 2 heterocycles. The van der Waals surface area contributed by atoms with Crippen molar-refractivity contribution in [2.24, 2.45) is 5.14 Å². The van der Waals surface area contributed by atoms with E-state index in [2.05, 4.69) is 4.98 Å². The lowest BCUT2D eigenvalue weighted by molar-refractivity contribution is 0.482. The highest BCUT2D eigenvalue weighted by molar-refractivity contribution is 7.89. The lowest BCUT2D eigenvalue weighted by atomic mass is 10.3. The van der Waals surface area contributed by atoms with Gasteiger partial charge in [-0.05, 0) is 6.07 Å². The largest absolute Gasteiger partial charge is 0.443 e. The molecule has 7 heteroatoms. The SMILES string of the molecule is NS(=O)(=O)c1cc2c(Cl)nccc2o1. The highest BCUT2D eigenvalue weighted by Gasteiger charge is 2.15. The van der Waals surface area contributed by atoms with Crippen molar-refractivity contribution in [1.29, 1.82) is 0 Å². The Kier molecular flexibility index (Phi) is 1.99. The van der Waals surface area contributed by atoms with E-state index in [4.69, 9.17) is 21.2 Å². The van der Waals surface area contributed by atoms with Gasteiger partial charge >= 0.3 is 0 Å². The average Bonchev–Trinajstić information content (AvgIpc) is 2.48. The molecule has 2 N–H and O–H groups in total. The molecular formula is C7H5ClN2O3S. The third-order valence-electron chi connectivity index (χ3n) is 1.65. The summed E-state index contributed by atoms with van der Waals surface area (Å²) in [4.78, 5) is 3.77. The minimum Gasteiger partial charge on any atom is -0.443 e. The second-order valence-electron chi connectivity index (χ2n) is 2.62. The standard InChI is InChI=1S/C7H5ClN2O3S/c8-7-4-3-6(14(9,11)12)13-5(4)1-2-10-7/h1-3H,(H2,9,11,12). The number of primary sulfonamides is 1. The van der Waals surface area contributed by atoms with Crippen molar-refractivity contribution in [2.45, 2.75) is 5.09 Å². The van der Waals surface area contributed by atoms with E-state index in [1.807, 2.05) is 0 Å². The summed E-state index contributed by atoms with van der Waals surface area (Å²) < 4.78 is 26.8. The van der Waals surface area contributed by atoms with E-state index in [-0.39, 0.29) is 10.2 Å². The van der Waals surface area contributed by atoms with Gasteiger partial charge in [0.1, 0.15) is 10.7 Å². The Labute approximate surface area is 84.5 Å². The van der Waals surface area contributed by atoms with E-state index in [1.54, 1.807) is 0 Å². The van der Waals surface area contributed by atoms with Gasteiger partial charge in [0.15, 0.2) is 0 Å². The predicted molar refractivity (Wildman–Crippen MR) is 50.4 cm³/mol. The van der Waals surface area contributed by atoms with Crippen molar-refractivity contribution in [3.05, 3.63) is 23.5 Å². The molecule has 0 bridgehead atoms. The number of fused-ring (bicyclic) bond motifs is 1. The molecule has 0 fully saturated rings. The van der Waals surface area contributed by atoms with Gasteiger partial charge in [0.05, 0.1) is 5.39 Å². The van der Waals surface area contributed by atoms with Crippen LogP contribution >= 0.6 is 11.6 Å². The van der Waals surface area contributed by atoms with Crippen molar-refractivity contribution in [1.82, 2.24) is 4.98 Å². The van der Waals surface area contributed by atoms with Crippen molar-refractivity contribution in [2.75, 3.05) is 0 Å². The number of aromatic nitrogens is 1. The highest BCUT2D eigenvalue weighted by Crippen LogP contribution is 2.26. The van der Waals surface area contributed by atoms with Crippen LogP contribution in [-0.2, 0) is 10.0 Å². The van der Waals surface area contributed by atoms with E-state index in [9.17, 15) is 8.42 Å². The molecule has 0 aliphatic heterocycles. The van der Waals surface area contributed by atoms with Gasteiger partial charge in [-0.25, -0.2) is 18.5 Å². The van der Waals surface area contributed by atoms with Crippen LogP contribution < -0.4 is 5.14 Å². The number of nitrogens with two attached hydrogens (primary N) is 1. The van der Waals surface area contributed by atoms with Gasteiger partial charge in [-0.1, -0.05) is 11.6 Å². The van der Waals surface area contributed by atoms with E-state index in [0.29, 0.717) is 11.0 Å². The molecule has 0 spiro atoms. The van der Waals surface area contributed by atoms with E-state index >= 15 is 0 Å². The maximum Gasteiger partial charge on any atom is 0.271 e. The Morgan fingerprint density at radius 2 is 2.21 bits per heavy atom. The molecule has 0 saturated carbocycles. The average molecular weight is 233 g/mol. The van der Waals surface area contributed by atoms with E-state index in [1.165, 1.54) is 18.3 Å². The number of nitrogens with zero attached hydrogens (tertiary/aromatic N) is 1. The number of rotatable bonds is 1. The Hall–Kier alpha value is -1.11. The normalized spacial score (nSPS) is 12.1. The zero-order valence-electron chi connectivity index (χ0n) is 6.77. The molecule has 74 valence electrons. The van der Waals surface area contributed by atoms with Gasteiger partial charge in [-0.15, -0.1) is 0 Å².